The van der Waals surface area contributed by atoms with Crippen LogP contribution in [0, 0.1) is 0 Å². The third-order valence-electron chi connectivity index (χ3n) is 5.94. The largest absolute Gasteiger partial charge is 0.573 e. The summed E-state index contributed by atoms with van der Waals surface area (Å²) in [4.78, 5) is 8.99. The molecule has 1 aliphatic rings. The molecule has 0 saturated carbocycles. The number of thiazole rings is 1. The van der Waals surface area contributed by atoms with Crippen LogP contribution in [0.3, 0.4) is 0 Å². The van der Waals surface area contributed by atoms with Crippen LogP contribution in [0.25, 0.3) is 10.2 Å². The van der Waals surface area contributed by atoms with E-state index in [4.69, 9.17) is 0 Å². The first kappa shape index (κ1) is 23.6. The van der Waals surface area contributed by atoms with Gasteiger partial charge in [0, 0.05) is 26.2 Å². The van der Waals surface area contributed by atoms with Crippen molar-refractivity contribution in [2.75, 3.05) is 37.6 Å². The molecule has 1 radical (unpaired) electrons. The lowest BCUT2D eigenvalue weighted by molar-refractivity contribution is -0.274. The zero-order valence-electron chi connectivity index (χ0n) is 18.3. The van der Waals surface area contributed by atoms with Crippen molar-refractivity contribution in [3.8, 4) is 10.9 Å². The molecule has 1 aliphatic heterocycles. The van der Waals surface area contributed by atoms with Crippen molar-refractivity contribution in [3.63, 3.8) is 0 Å². The highest BCUT2D eigenvalue weighted by atomic mass is 32.1. The van der Waals surface area contributed by atoms with Crippen LogP contribution in [0.4, 0.5) is 18.9 Å². The van der Waals surface area contributed by atoms with Gasteiger partial charge in [-0.1, -0.05) is 42.4 Å². The number of benzene rings is 2. The number of piperazine rings is 1. The lowest BCUT2D eigenvalue weighted by Crippen LogP contribution is -2.46. The zero-order valence-corrected chi connectivity index (χ0v) is 19.1. The summed E-state index contributed by atoms with van der Waals surface area (Å²) in [5.41, 5.74) is 2.91. The van der Waals surface area contributed by atoms with Crippen LogP contribution < -0.4 is 9.64 Å². The summed E-state index contributed by atoms with van der Waals surface area (Å²) in [5, 5.41) is 11.5. The van der Waals surface area contributed by atoms with Gasteiger partial charge in [0.05, 0.1) is 10.4 Å². The first-order chi connectivity index (χ1) is 15.9. The van der Waals surface area contributed by atoms with E-state index < -0.39 is 6.36 Å². The third-order valence-corrected chi connectivity index (χ3v) is 6.75. The Hall–Kier alpha value is -2.52. The van der Waals surface area contributed by atoms with Crippen LogP contribution in [-0.2, 0) is 11.5 Å². The Kier molecular flexibility index (Phi) is 7.60. The summed E-state index contributed by atoms with van der Waals surface area (Å²) in [6.45, 7) is 4.93. The average Bonchev–Trinajstić information content (AvgIpc) is 3.17. The fourth-order valence-corrected chi connectivity index (χ4v) is 4.98. The van der Waals surface area contributed by atoms with Crippen molar-refractivity contribution in [2.24, 2.45) is 0 Å². The lowest BCUT2D eigenvalue weighted by atomic mass is 10.1. The number of ether oxygens (including phenoxy) is 1. The van der Waals surface area contributed by atoms with Crippen molar-refractivity contribution in [2.45, 2.75) is 38.5 Å². The van der Waals surface area contributed by atoms with Crippen molar-refractivity contribution in [1.29, 1.82) is 0 Å². The normalized spacial score (nSPS) is 15.3. The Morgan fingerprint density at radius 3 is 2.39 bits per heavy atom. The fourth-order valence-electron chi connectivity index (χ4n) is 4.26. The minimum atomic E-state index is -4.65. The van der Waals surface area contributed by atoms with E-state index in [2.05, 4.69) is 19.5 Å². The highest BCUT2D eigenvalue weighted by Crippen LogP contribution is 2.34. The van der Waals surface area contributed by atoms with Gasteiger partial charge in [0.15, 0.2) is 0 Å². The number of rotatable bonds is 9. The van der Waals surface area contributed by atoms with E-state index in [1.54, 1.807) is 12.1 Å². The smallest absolute Gasteiger partial charge is 0.406 e. The van der Waals surface area contributed by atoms with Crippen molar-refractivity contribution >= 4 is 27.2 Å². The number of para-hydroxylation sites is 1. The minimum absolute atomic E-state index is 0.136. The maximum atomic E-state index is 12.2. The molecule has 3 aromatic rings. The molecule has 9 heteroatoms. The van der Waals surface area contributed by atoms with Crippen LogP contribution in [0.1, 0.15) is 31.2 Å². The monoisotopic (exact) mass is 478 g/mol. The maximum absolute atomic E-state index is 12.2. The summed E-state index contributed by atoms with van der Waals surface area (Å²) in [6.07, 6.45) is 0.611. The quantitative estimate of drug-likeness (QED) is 0.341. The van der Waals surface area contributed by atoms with Crippen LogP contribution in [0.2, 0.25) is 0 Å². The molecule has 1 aromatic heterocycles. The molecule has 5 nitrogen and oxygen atoms in total. The molecule has 2 aromatic carbocycles. The number of aromatic nitrogens is 1. The predicted octanol–water partition coefficient (Wildman–Crippen LogP) is 6.26. The second-order valence-electron chi connectivity index (χ2n) is 8.29. The van der Waals surface area contributed by atoms with E-state index in [1.165, 1.54) is 23.5 Å². The Labute approximate surface area is 195 Å². The Morgan fingerprint density at radius 1 is 0.939 bits per heavy atom. The molecule has 1 fully saturated rings. The number of hydrogen-bond donors (Lipinski definition) is 0. The van der Waals surface area contributed by atoms with Gasteiger partial charge in [-0.15, -0.1) is 13.2 Å². The fraction of sp³-hybridized carbons (Fsp3) is 0.458. The van der Waals surface area contributed by atoms with Gasteiger partial charge in [-0.3, -0.25) is 10.0 Å². The van der Waals surface area contributed by atoms with Gasteiger partial charge >= 0.3 is 11.6 Å². The van der Waals surface area contributed by atoms with E-state index in [-0.39, 0.29) is 10.9 Å². The zero-order chi connectivity index (χ0) is 23.3. The number of unbranched alkanes of at least 4 members (excludes halogenated alkanes) is 3. The van der Waals surface area contributed by atoms with E-state index in [9.17, 15) is 18.3 Å². The summed E-state index contributed by atoms with van der Waals surface area (Å²) >= 11 is 1.20. The standard InChI is InChI=1S/C24H27F3N3O2S/c25-24(26,27)32-19-11-9-18(10-12-19)6-3-1-2-4-13-29-14-16-30(17-15-29)20-7-5-8-21-22(20)28-23(31)33-21/h5,7-12H,1-4,6,13-17H2. The molecule has 0 aliphatic carbocycles. The molecule has 0 N–H and O–H groups in total. The molecule has 2 heterocycles. The first-order valence-electron chi connectivity index (χ1n) is 11.3. The van der Waals surface area contributed by atoms with Crippen molar-refractivity contribution in [1.82, 2.24) is 9.88 Å². The number of nitrogens with zero attached hydrogens (tertiary/aromatic N) is 3. The molecular formula is C24H27F3N3O2S. The third kappa shape index (κ3) is 6.74. The highest BCUT2D eigenvalue weighted by Gasteiger charge is 2.30. The summed E-state index contributed by atoms with van der Waals surface area (Å²) in [5.74, 6) is -0.176. The summed E-state index contributed by atoms with van der Waals surface area (Å²) in [7, 11) is 0. The van der Waals surface area contributed by atoms with Crippen LogP contribution in [0.15, 0.2) is 42.5 Å². The molecule has 0 bridgehead atoms. The number of hydrogen-bond acceptors (Lipinski definition) is 5. The molecule has 0 atom stereocenters. The molecule has 0 unspecified atom stereocenters. The van der Waals surface area contributed by atoms with E-state index >= 15 is 0 Å². The lowest BCUT2D eigenvalue weighted by Gasteiger charge is -2.36. The van der Waals surface area contributed by atoms with E-state index in [0.717, 1.165) is 86.3 Å². The number of alkyl halides is 3. The second kappa shape index (κ2) is 10.6. The minimum Gasteiger partial charge on any atom is -0.406 e. The SMILES string of the molecule is [O]c1nc2c(N3CCN(CCCCCCc4ccc(OC(F)(F)F)cc4)CC3)cccc2s1. The Bertz CT molecular complexity index is 1030. The van der Waals surface area contributed by atoms with Crippen LogP contribution in [0.5, 0.6) is 10.9 Å². The van der Waals surface area contributed by atoms with Gasteiger partial charge in [-0.25, -0.2) is 0 Å². The van der Waals surface area contributed by atoms with Gasteiger partial charge in [0.1, 0.15) is 11.3 Å². The molecule has 0 amide bonds. The highest BCUT2D eigenvalue weighted by molar-refractivity contribution is 7.20. The number of anilines is 1. The van der Waals surface area contributed by atoms with E-state index in [1.807, 2.05) is 18.2 Å². The Balaban J connectivity index is 1.11. The van der Waals surface area contributed by atoms with Gasteiger partial charge in [-0.05, 0) is 55.6 Å². The maximum Gasteiger partial charge on any atom is 0.573 e. The predicted molar refractivity (Wildman–Crippen MR) is 124 cm³/mol. The first-order valence-corrected chi connectivity index (χ1v) is 12.1. The molecule has 33 heavy (non-hydrogen) atoms. The van der Waals surface area contributed by atoms with Gasteiger partial charge < -0.3 is 9.64 Å². The van der Waals surface area contributed by atoms with E-state index in [0.29, 0.717) is 0 Å². The van der Waals surface area contributed by atoms with Crippen molar-refractivity contribution in [3.05, 3.63) is 48.0 Å². The van der Waals surface area contributed by atoms with Gasteiger partial charge in [0.2, 0.25) is 0 Å². The Morgan fingerprint density at radius 2 is 1.67 bits per heavy atom. The summed E-state index contributed by atoms with van der Waals surface area (Å²) < 4.78 is 41.5. The number of fused-ring (bicyclic) bond motifs is 1. The van der Waals surface area contributed by atoms with Crippen LogP contribution in [-0.4, -0.2) is 49.0 Å². The van der Waals surface area contributed by atoms with Gasteiger partial charge in [0.25, 0.3) is 0 Å². The number of halogens is 3. The number of aryl methyl sites for hydroxylation is 1. The van der Waals surface area contributed by atoms with Gasteiger partial charge in [-0.2, -0.15) is 4.98 Å². The average molecular weight is 479 g/mol. The topological polar surface area (TPSA) is 48.5 Å². The molecule has 177 valence electrons. The molecule has 1 saturated heterocycles. The second-order valence-corrected chi connectivity index (χ2v) is 9.28. The van der Waals surface area contributed by atoms with Crippen LogP contribution >= 0.6 is 11.3 Å². The van der Waals surface area contributed by atoms with Crippen molar-refractivity contribution < 1.29 is 23.0 Å². The molecule has 4 rings (SSSR count). The molecular weight excluding hydrogens is 451 g/mol. The molecule has 0 spiro atoms. The summed E-state index contributed by atoms with van der Waals surface area (Å²) in [6, 6.07) is 12.1.